The molecule has 3 heteroatoms. The molecule has 0 saturated carbocycles. The molecule has 86 valence electrons. The van der Waals surface area contributed by atoms with Gasteiger partial charge in [0.1, 0.15) is 0 Å². The average Bonchev–Trinajstić information content (AvgIpc) is 2.49. The zero-order valence-electron chi connectivity index (χ0n) is 10.1. The van der Waals surface area contributed by atoms with Crippen LogP contribution in [0.5, 0.6) is 0 Å². The molecule has 0 nitrogen and oxygen atoms in total. The van der Waals surface area contributed by atoms with E-state index in [0.29, 0.717) is 0 Å². The van der Waals surface area contributed by atoms with Crippen LogP contribution in [0.3, 0.4) is 0 Å². The molecule has 0 aliphatic carbocycles. The van der Waals surface area contributed by atoms with Gasteiger partial charge in [0.2, 0.25) is 0 Å². The summed E-state index contributed by atoms with van der Waals surface area (Å²) in [5.41, 5.74) is 0. The molecule has 0 aromatic carbocycles. The third-order valence-electron chi connectivity index (χ3n) is 3.10. The standard InChI is InChI=1S/C15H14Ge3/c1-4-10-16(11-5-1)15-9-3-8-14-18(15)17-12-6-2-7-13-17/h1-14H. The molecule has 0 aromatic heterocycles. The molecule has 3 rings (SSSR count). The molecule has 0 radical (unpaired) electrons. The molecule has 3 heterocycles. The van der Waals surface area contributed by atoms with Gasteiger partial charge in [-0.25, -0.2) is 0 Å². The fourth-order valence-electron chi connectivity index (χ4n) is 2.22. The first-order valence-electron chi connectivity index (χ1n) is 6.15. The summed E-state index contributed by atoms with van der Waals surface area (Å²) in [6, 6.07) is 0. The van der Waals surface area contributed by atoms with E-state index in [1.165, 1.54) is 0 Å². The van der Waals surface area contributed by atoms with Crippen LogP contribution in [0.15, 0.2) is 67.7 Å². The van der Waals surface area contributed by atoms with Crippen molar-refractivity contribution in [2.24, 2.45) is 0 Å². The van der Waals surface area contributed by atoms with Crippen molar-refractivity contribution in [1.82, 2.24) is 0 Å². The van der Waals surface area contributed by atoms with Crippen LogP contribution in [0, 0.1) is 0 Å². The molecule has 0 unspecified atom stereocenters. The number of rotatable bonds is 2. The van der Waals surface area contributed by atoms with Gasteiger partial charge in [0.15, 0.2) is 0 Å². The number of allylic oxidation sites excluding steroid dienone is 9. The van der Waals surface area contributed by atoms with E-state index >= 15 is 0 Å². The summed E-state index contributed by atoms with van der Waals surface area (Å²) in [6.07, 6.45) is 20.4. The fourth-order valence-corrected chi connectivity index (χ4v) is 46.7. The predicted molar refractivity (Wildman–Crippen MR) is 89.2 cm³/mol. The SMILES string of the molecule is C1=C[CH]=[Ge]([C]2=CC=C[CH]=[Ge]2[Ge]2=[CH]C=CC=[CH]2)[CH]=C1. The van der Waals surface area contributed by atoms with Crippen LogP contribution in [0.25, 0.3) is 0 Å². The summed E-state index contributed by atoms with van der Waals surface area (Å²) in [5.74, 6) is 0. The summed E-state index contributed by atoms with van der Waals surface area (Å²) in [4.78, 5) is 12.7. The minimum absolute atomic E-state index is 1.07. The monoisotopic (exact) mass is 416 g/mol. The minimum atomic E-state index is -1.21. The Morgan fingerprint density at radius 3 is 2.11 bits per heavy atom. The topological polar surface area (TPSA) is 0 Å². The van der Waals surface area contributed by atoms with Crippen LogP contribution >= 0.6 is 0 Å². The molecule has 18 heavy (non-hydrogen) atoms. The molecule has 3 aliphatic rings. The maximum atomic E-state index is 2.60. The zero-order valence-corrected chi connectivity index (χ0v) is 16.4. The first kappa shape index (κ1) is 12.7. The van der Waals surface area contributed by atoms with Gasteiger partial charge < -0.3 is 0 Å². The molecular formula is C15H14Ge3. The van der Waals surface area contributed by atoms with E-state index < -0.39 is 37.8 Å². The second-order valence-corrected chi connectivity index (χ2v) is 30.0. The Hall–Kier alpha value is -0.321. The van der Waals surface area contributed by atoms with Crippen molar-refractivity contribution in [3.8, 4) is 0 Å². The summed E-state index contributed by atoms with van der Waals surface area (Å²) in [6.45, 7) is 0. The van der Waals surface area contributed by atoms with E-state index in [-0.39, 0.29) is 0 Å². The van der Waals surface area contributed by atoms with Crippen molar-refractivity contribution in [1.29, 1.82) is 0 Å². The molecule has 0 N–H and O–H groups in total. The van der Waals surface area contributed by atoms with Gasteiger partial charge in [0.05, 0.1) is 0 Å². The molecule has 0 atom stereocenters. The summed E-state index contributed by atoms with van der Waals surface area (Å²) in [7, 11) is 0. The average molecular weight is 412 g/mol. The Morgan fingerprint density at radius 2 is 1.39 bits per heavy atom. The van der Waals surface area contributed by atoms with Gasteiger partial charge >= 0.3 is 120 Å². The van der Waals surface area contributed by atoms with Crippen LogP contribution in [0.1, 0.15) is 0 Å². The predicted octanol–water partition coefficient (Wildman–Crippen LogP) is 1.61. The third-order valence-corrected chi connectivity index (χ3v) is 40.3. The van der Waals surface area contributed by atoms with Gasteiger partial charge in [-0.3, -0.25) is 0 Å². The first-order valence-corrected chi connectivity index (χ1v) is 20.8. The van der Waals surface area contributed by atoms with Gasteiger partial charge in [-0.1, -0.05) is 0 Å². The van der Waals surface area contributed by atoms with Crippen LogP contribution in [-0.4, -0.2) is 52.3 Å². The summed E-state index contributed by atoms with van der Waals surface area (Å²) >= 11 is -3.40. The van der Waals surface area contributed by atoms with Crippen molar-refractivity contribution in [3.63, 3.8) is 0 Å². The second-order valence-electron chi connectivity index (χ2n) is 4.28. The Labute approximate surface area is 119 Å². The molecular weight excluding hydrogens is 398 g/mol. The van der Waals surface area contributed by atoms with Gasteiger partial charge in [0, 0.05) is 0 Å². The Kier molecular flexibility index (Phi) is 4.39. The van der Waals surface area contributed by atoms with E-state index in [1.54, 1.807) is 0 Å². The Balaban J connectivity index is 2.01. The van der Waals surface area contributed by atoms with E-state index in [0.717, 1.165) is 0 Å². The van der Waals surface area contributed by atoms with Crippen LogP contribution in [0.2, 0.25) is 0 Å². The molecule has 0 bridgehead atoms. The molecule has 0 fully saturated rings. The van der Waals surface area contributed by atoms with Crippen molar-refractivity contribution < 1.29 is 0 Å². The molecule has 0 amide bonds. The van der Waals surface area contributed by atoms with Gasteiger partial charge in [-0.15, -0.1) is 0 Å². The molecule has 3 aliphatic heterocycles. The van der Waals surface area contributed by atoms with Gasteiger partial charge in [-0.05, 0) is 0 Å². The van der Waals surface area contributed by atoms with Crippen LogP contribution in [0.4, 0.5) is 0 Å². The summed E-state index contributed by atoms with van der Waals surface area (Å²) < 4.78 is 1.89. The van der Waals surface area contributed by atoms with Gasteiger partial charge in [0.25, 0.3) is 0 Å². The van der Waals surface area contributed by atoms with Crippen LogP contribution < -0.4 is 0 Å². The van der Waals surface area contributed by atoms with E-state index in [4.69, 9.17) is 0 Å². The van der Waals surface area contributed by atoms with Crippen molar-refractivity contribution >= 4 is 52.3 Å². The summed E-state index contributed by atoms with van der Waals surface area (Å²) in [5, 5.41) is 0. The van der Waals surface area contributed by atoms with E-state index in [1.807, 2.05) is 3.24 Å². The first-order chi connectivity index (χ1) is 8.95. The van der Waals surface area contributed by atoms with E-state index in [2.05, 4.69) is 79.1 Å². The second kappa shape index (κ2) is 6.22. The maximum absolute atomic E-state index is 2.60. The quantitative estimate of drug-likeness (QED) is 0.605. The Morgan fingerprint density at radius 1 is 0.611 bits per heavy atom. The van der Waals surface area contributed by atoms with Gasteiger partial charge in [-0.2, -0.15) is 0 Å². The third kappa shape index (κ3) is 2.81. The number of hydrogen-bond acceptors (Lipinski definition) is 0. The number of hydrogen-bond donors (Lipinski definition) is 0. The van der Waals surface area contributed by atoms with Crippen molar-refractivity contribution in [2.45, 2.75) is 0 Å². The van der Waals surface area contributed by atoms with Crippen molar-refractivity contribution in [3.05, 3.63) is 67.7 Å². The molecule has 0 spiro atoms. The van der Waals surface area contributed by atoms with Crippen molar-refractivity contribution in [2.75, 3.05) is 0 Å². The Bertz CT molecular complexity index is 577. The fraction of sp³-hybridized carbons (Fsp3) is 0. The molecule has 0 aromatic rings. The van der Waals surface area contributed by atoms with E-state index in [9.17, 15) is 0 Å². The van der Waals surface area contributed by atoms with Crippen LogP contribution in [-0.2, 0) is 0 Å². The normalized spacial score (nSPS) is 20.4. The zero-order chi connectivity index (χ0) is 12.2. The molecule has 0 saturated heterocycles.